The van der Waals surface area contributed by atoms with Crippen LogP contribution in [0.25, 0.3) is 11.5 Å². The zero-order valence-corrected chi connectivity index (χ0v) is 20.4. The number of halogens is 2. The van der Waals surface area contributed by atoms with Crippen LogP contribution in [0, 0.1) is 17.6 Å². The van der Waals surface area contributed by atoms with Crippen molar-refractivity contribution < 1.29 is 13.6 Å². The van der Waals surface area contributed by atoms with E-state index in [9.17, 15) is 8.78 Å². The summed E-state index contributed by atoms with van der Waals surface area (Å²) in [6.07, 6.45) is 2.39. The van der Waals surface area contributed by atoms with Gasteiger partial charge in [0, 0.05) is 24.1 Å². The third kappa shape index (κ3) is 6.00. The van der Waals surface area contributed by atoms with Crippen LogP contribution in [0.4, 0.5) is 14.6 Å². The van der Waals surface area contributed by atoms with Crippen LogP contribution >= 0.6 is 0 Å². The molecule has 3 aromatic rings. The molecule has 0 bridgehead atoms. The van der Waals surface area contributed by atoms with Crippen molar-refractivity contribution in [2.45, 2.75) is 58.7 Å². The predicted octanol–water partition coefficient (Wildman–Crippen LogP) is 4.35. The Hall–Kier alpha value is -3.40. The number of hydrogen-bond acceptors (Lipinski definition) is 7. The Morgan fingerprint density at radius 3 is 2.71 bits per heavy atom. The lowest BCUT2D eigenvalue weighted by atomic mass is 9.92. The highest BCUT2D eigenvalue weighted by atomic mass is 19.1. The summed E-state index contributed by atoms with van der Waals surface area (Å²) < 4.78 is 30.5. The average Bonchev–Trinajstić information content (AvgIpc) is 3.40. The second kappa shape index (κ2) is 10.1. The highest BCUT2D eigenvalue weighted by molar-refractivity contribution is 6.00. The molecule has 1 aliphatic rings. The fourth-order valence-corrected chi connectivity index (χ4v) is 4.22. The Kier molecular flexibility index (Phi) is 7.11. The van der Waals surface area contributed by atoms with Gasteiger partial charge in [-0.3, -0.25) is 4.68 Å². The molecular weight excluding hydrogens is 452 g/mol. The summed E-state index contributed by atoms with van der Waals surface area (Å²) in [5, 5.41) is 11.8. The number of nitrogens with two attached hydrogens (primary N) is 1. The highest BCUT2D eigenvalue weighted by Crippen LogP contribution is 2.24. The van der Waals surface area contributed by atoms with Crippen LogP contribution in [0.3, 0.4) is 0 Å². The van der Waals surface area contributed by atoms with E-state index < -0.39 is 11.4 Å². The molecule has 0 saturated carbocycles. The van der Waals surface area contributed by atoms with Crippen LogP contribution < -0.4 is 11.1 Å². The summed E-state index contributed by atoms with van der Waals surface area (Å²) >= 11 is 0. The van der Waals surface area contributed by atoms with Crippen LogP contribution in [0.2, 0.25) is 0 Å². The standard InChI is InChI=1S/C25H31F2N7O/c1-15(2)11-25(4,28)14-30-23-19(27)12-29-24(31-23)21-10-22(20-9-16(3)35-33-20)34(32-21)13-17-7-5-6-8-18(17)26/h5-8,10,12,15-16H,9,11,13-14,28H2,1-4H3,(H,29,30,31). The van der Waals surface area contributed by atoms with Crippen LogP contribution in [0.5, 0.6) is 0 Å². The number of benzene rings is 1. The molecule has 0 aliphatic carbocycles. The van der Waals surface area contributed by atoms with Gasteiger partial charge in [0.15, 0.2) is 17.5 Å². The molecule has 35 heavy (non-hydrogen) atoms. The topological polar surface area (TPSA) is 103 Å². The normalized spacial score (nSPS) is 17.3. The highest BCUT2D eigenvalue weighted by Gasteiger charge is 2.25. The van der Waals surface area contributed by atoms with Crippen molar-refractivity contribution in [3.8, 4) is 11.5 Å². The minimum atomic E-state index is -0.581. The zero-order valence-electron chi connectivity index (χ0n) is 20.4. The first-order valence-corrected chi connectivity index (χ1v) is 11.7. The molecule has 8 nitrogen and oxygen atoms in total. The molecule has 4 rings (SSSR count). The van der Waals surface area contributed by atoms with Gasteiger partial charge in [-0.15, -0.1) is 0 Å². The smallest absolute Gasteiger partial charge is 0.183 e. The van der Waals surface area contributed by atoms with E-state index in [0.717, 1.165) is 12.6 Å². The fourth-order valence-electron chi connectivity index (χ4n) is 4.22. The summed E-state index contributed by atoms with van der Waals surface area (Å²) in [5.41, 5.74) is 8.08. The van der Waals surface area contributed by atoms with E-state index in [0.29, 0.717) is 41.5 Å². The second-order valence-corrected chi connectivity index (χ2v) is 9.82. The van der Waals surface area contributed by atoms with Crippen molar-refractivity contribution in [1.82, 2.24) is 19.7 Å². The molecule has 186 valence electrons. The average molecular weight is 484 g/mol. The first-order chi connectivity index (χ1) is 16.6. The van der Waals surface area contributed by atoms with Gasteiger partial charge >= 0.3 is 0 Å². The van der Waals surface area contributed by atoms with Gasteiger partial charge in [-0.05, 0) is 38.3 Å². The monoisotopic (exact) mass is 483 g/mol. The zero-order chi connectivity index (χ0) is 25.2. The molecule has 0 amide bonds. The molecule has 10 heteroatoms. The van der Waals surface area contributed by atoms with Gasteiger partial charge in [-0.1, -0.05) is 37.2 Å². The van der Waals surface area contributed by atoms with E-state index >= 15 is 0 Å². The molecule has 0 saturated heterocycles. The maximum Gasteiger partial charge on any atom is 0.183 e. The van der Waals surface area contributed by atoms with Gasteiger partial charge in [-0.2, -0.15) is 5.10 Å². The maximum atomic E-state index is 14.5. The summed E-state index contributed by atoms with van der Waals surface area (Å²) in [6, 6.07) is 8.28. The van der Waals surface area contributed by atoms with E-state index in [2.05, 4.69) is 39.4 Å². The molecule has 0 fully saturated rings. The van der Waals surface area contributed by atoms with Crippen LogP contribution in [0.1, 0.15) is 51.8 Å². The molecule has 3 N–H and O–H groups in total. The summed E-state index contributed by atoms with van der Waals surface area (Å²) in [6.45, 7) is 8.54. The van der Waals surface area contributed by atoms with Crippen molar-refractivity contribution in [2.75, 3.05) is 11.9 Å². The number of aromatic nitrogens is 4. The van der Waals surface area contributed by atoms with Crippen molar-refractivity contribution in [1.29, 1.82) is 0 Å². The van der Waals surface area contributed by atoms with Gasteiger partial charge in [0.25, 0.3) is 0 Å². The molecule has 0 radical (unpaired) electrons. The fraction of sp³-hybridized carbons (Fsp3) is 0.440. The molecule has 1 aliphatic heterocycles. The van der Waals surface area contributed by atoms with E-state index in [-0.39, 0.29) is 30.1 Å². The van der Waals surface area contributed by atoms with Gasteiger partial charge in [0.1, 0.15) is 23.3 Å². The SMILES string of the molecule is CC(C)CC(C)(N)CNc1nc(-c2cc(C3=NOC(C)C3)n(Cc3ccccc3F)n2)ncc1F. The number of nitrogens with one attached hydrogen (secondary N) is 1. The van der Waals surface area contributed by atoms with Crippen molar-refractivity contribution in [3.63, 3.8) is 0 Å². The number of anilines is 1. The van der Waals surface area contributed by atoms with E-state index in [1.807, 2.05) is 13.8 Å². The molecular formula is C25H31F2N7O. The Morgan fingerprint density at radius 1 is 1.26 bits per heavy atom. The largest absolute Gasteiger partial charge is 0.392 e. The molecule has 2 atom stereocenters. The third-order valence-electron chi connectivity index (χ3n) is 5.68. The van der Waals surface area contributed by atoms with Crippen molar-refractivity contribution in [3.05, 3.63) is 59.4 Å². The summed E-state index contributed by atoms with van der Waals surface area (Å²) in [7, 11) is 0. The second-order valence-electron chi connectivity index (χ2n) is 9.82. The number of nitrogens with zero attached hydrogens (tertiary/aromatic N) is 5. The summed E-state index contributed by atoms with van der Waals surface area (Å²) in [4.78, 5) is 13.9. The lowest BCUT2D eigenvalue weighted by Crippen LogP contribution is -2.44. The van der Waals surface area contributed by atoms with Crippen molar-refractivity contribution in [2.24, 2.45) is 16.8 Å². The first-order valence-electron chi connectivity index (χ1n) is 11.7. The van der Waals surface area contributed by atoms with Crippen LogP contribution in [0.15, 0.2) is 41.7 Å². The van der Waals surface area contributed by atoms with Crippen LogP contribution in [-0.2, 0) is 11.4 Å². The number of hydrogen-bond donors (Lipinski definition) is 2. The minimum absolute atomic E-state index is 0.0517. The maximum absolute atomic E-state index is 14.5. The molecule has 3 heterocycles. The molecule has 1 aromatic carbocycles. The quantitative estimate of drug-likeness (QED) is 0.469. The predicted molar refractivity (Wildman–Crippen MR) is 131 cm³/mol. The van der Waals surface area contributed by atoms with E-state index in [1.54, 1.807) is 28.9 Å². The third-order valence-corrected chi connectivity index (χ3v) is 5.68. The Balaban J connectivity index is 1.65. The lowest BCUT2D eigenvalue weighted by molar-refractivity contribution is 0.0995. The first kappa shape index (κ1) is 24.7. The van der Waals surface area contributed by atoms with E-state index in [4.69, 9.17) is 10.6 Å². The minimum Gasteiger partial charge on any atom is -0.392 e. The van der Waals surface area contributed by atoms with Crippen molar-refractivity contribution >= 4 is 11.5 Å². The van der Waals surface area contributed by atoms with Gasteiger partial charge in [0.05, 0.1) is 18.4 Å². The molecule has 2 unspecified atom stereocenters. The van der Waals surface area contributed by atoms with E-state index in [1.165, 1.54) is 6.07 Å². The Labute approximate surface area is 203 Å². The van der Waals surface area contributed by atoms with Gasteiger partial charge in [0.2, 0.25) is 0 Å². The molecule has 0 spiro atoms. The van der Waals surface area contributed by atoms with Gasteiger partial charge in [-0.25, -0.2) is 18.7 Å². The van der Waals surface area contributed by atoms with Crippen LogP contribution in [-0.4, -0.2) is 43.6 Å². The van der Waals surface area contributed by atoms with Gasteiger partial charge < -0.3 is 15.9 Å². The Morgan fingerprint density at radius 2 is 2.03 bits per heavy atom. The lowest BCUT2D eigenvalue weighted by Gasteiger charge is -2.27. The number of oxime groups is 1. The molecule has 2 aromatic heterocycles. The Bertz CT molecular complexity index is 1220. The summed E-state index contributed by atoms with van der Waals surface area (Å²) in [5.74, 6) is -0.222. The number of rotatable bonds is 9.